The fourth-order valence-corrected chi connectivity index (χ4v) is 4.16. The zero-order chi connectivity index (χ0) is 23.1. The van der Waals surface area contributed by atoms with Crippen molar-refractivity contribution in [2.24, 2.45) is 0 Å². The molecule has 8 nitrogen and oxygen atoms in total. The Labute approximate surface area is 189 Å². The van der Waals surface area contributed by atoms with Gasteiger partial charge in [-0.3, -0.25) is 9.78 Å². The summed E-state index contributed by atoms with van der Waals surface area (Å²) in [6.45, 7) is 2.54. The Balaban J connectivity index is 1.78. The van der Waals surface area contributed by atoms with Gasteiger partial charge in [-0.25, -0.2) is 9.37 Å². The molecule has 0 spiro atoms. The number of para-hydroxylation sites is 1. The summed E-state index contributed by atoms with van der Waals surface area (Å²) in [6, 6.07) is 9.98. The standard InChI is InChI=1S/C24H22FN5O3/c1-12-11-27-24(31)18-19(12)30-21(22(18)28-16-6-4-5-14(25)23(16)33-3)13-9-10-26-15-7-8-17(32-2)29-20(13)15/h4-10,12,28,30H,11H2,1-3H3,(H,27,31)/t12-/m1/s1. The maximum absolute atomic E-state index is 14.4. The number of nitrogens with zero attached hydrogens (tertiary/aromatic N) is 2. The van der Waals surface area contributed by atoms with Crippen LogP contribution in [0, 0.1) is 5.82 Å². The van der Waals surface area contributed by atoms with Crippen molar-refractivity contribution in [1.29, 1.82) is 0 Å². The minimum atomic E-state index is -0.507. The molecule has 1 aromatic carbocycles. The third-order valence-electron chi connectivity index (χ3n) is 5.79. The summed E-state index contributed by atoms with van der Waals surface area (Å²) in [5.74, 6) is -0.168. The first-order valence-electron chi connectivity index (χ1n) is 10.5. The number of rotatable bonds is 5. The zero-order valence-electron chi connectivity index (χ0n) is 18.3. The van der Waals surface area contributed by atoms with Crippen LogP contribution in [0.5, 0.6) is 11.6 Å². The number of aromatic nitrogens is 3. The Kier molecular flexibility index (Phi) is 5.08. The van der Waals surface area contributed by atoms with Crippen LogP contribution in [0.25, 0.3) is 22.3 Å². The molecule has 0 fully saturated rings. The van der Waals surface area contributed by atoms with Crippen molar-refractivity contribution in [2.45, 2.75) is 12.8 Å². The monoisotopic (exact) mass is 447 g/mol. The molecule has 0 unspecified atom stereocenters. The van der Waals surface area contributed by atoms with Crippen molar-refractivity contribution in [3.05, 3.63) is 59.7 Å². The van der Waals surface area contributed by atoms with Gasteiger partial charge in [-0.05, 0) is 24.3 Å². The first kappa shape index (κ1) is 20.7. The summed E-state index contributed by atoms with van der Waals surface area (Å²) in [6.07, 6.45) is 1.68. The third kappa shape index (κ3) is 3.42. The molecule has 1 aliphatic heterocycles. The number of carbonyl (C=O) groups excluding carboxylic acids is 1. The second-order valence-electron chi connectivity index (χ2n) is 7.80. The third-order valence-corrected chi connectivity index (χ3v) is 5.79. The van der Waals surface area contributed by atoms with Crippen LogP contribution in [0.2, 0.25) is 0 Å². The van der Waals surface area contributed by atoms with Crippen LogP contribution in [0.1, 0.15) is 28.9 Å². The minimum Gasteiger partial charge on any atom is -0.492 e. The molecular weight excluding hydrogens is 425 g/mol. The smallest absolute Gasteiger partial charge is 0.255 e. The normalized spacial score (nSPS) is 15.2. The van der Waals surface area contributed by atoms with Crippen molar-refractivity contribution in [2.75, 3.05) is 26.1 Å². The van der Waals surface area contributed by atoms with E-state index in [2.05, 4.69) is 25.6 Å². The molecule has 4 aromatic rings. The lowest BCUT2D eigenvalue weighted by Gasteiger charge is -2.20. The Hall–Kier alpha value is -4.14. The Bertz CT molecular complexity index is 1380. The maximum atomic E-state index is 14.4. The van der Waals surface area contributed by atoms with Crippen molar-refractivity contribution in [3.63, 3.8) is 0 Å². The Morgan fingerprint density at radius 1 is 1.15 bits per heavy atom. The molecule has 1 atom stereocenters. The quantitative estimate of drug-likeness (QED) is 0.420. The van der Waals surface area contributed by atoms with E-state index in [-0.39, 0.29) is 17.6 Å². The van der Waals surface area contributed by atoms with Crippen molar-refractivity contribution < 1.29 is 18.7 Å². The lowest BCUT2D eigenvalue weighted by atomic mass is 9.98. The Morgan fingerprint density at radius 3 is 2.79 bits per heavy atom. The number of fused-ring (bicyclic) bond motifs is 2. The molecule has 3 N–H and O–H groups in total. The molecule has 0 saturated heterocycles. The first-order chi connectivity index (χ1) is 16.0. The minimum absolute atomic E-state index is 0.0528. The molecular formula is C24H22FN5O3. The van der Waals surface area contributed by atoms with Gasteiger partial charge in [-0.1, -0.05) is 13.0 Å². The number of ether oxygens (including phenoxy) is 2. The van der Waals surface area contributed by atoms with Gasteiger partial charge in [0, 0.05) is 36.0 Å². The molecule has 9 heteroatoms. The number of methoxy groups -OCH3 is 2. The highest BCUT2D eigenvalue weighted by atomic mass is 19.1. The van der Waals surface area contributed by atoms with Gasteiger partial charge in [0.2, 0.25) is 5.88 Å². The molecule has 1 aliphatic rings. The number of hydrogen-bond acceptors (Lipinski definition) is 6. The zero-order valence-corrected chi connectivity index (χ0v) is 18.3. The van der Waals surface area contributed by atoms with E-state index in [1.807, 2.05) is 19.1 Å². The largest absolute Gasteiger partial charge is 0.492 e. The van der Waals surface area contributed by atoms with Crippen molar-refractivity contribution >= 4 is 28.3 Å². The van der Waals surface area contributed by atoms with E-state index in [9.17, 15) is 9.18 Å². The highest BCUT2D eigenvalue weighted by molar-refractivity contribution is 6.08. The molecule has 0 aliphatic carbocycles. The van der Waals surface area contributed by atoms with Gasteiger partial charge in [0.1, 0.15) is 5.52 Å². The average Bonchev–Trinajstić information content (AvgIpc) is 3.21. The van der Waals surface area contributed by atoms with Gasteiger partial charge in [-0.2, -0.15) is 0 Å². The van der Waals surface area contributed by atoms with Gasteiger partial charge in [-0.15, -0.1) is 0 Å². The summed E-state index contributed by atoms with van der Waals surface area (Å²) in [5, 5.41) is 6.17. The summed E-state index contributed by atoms with van der Waals surface area (Å²) in [7, 11) is 2.95. The molecule has 1 amide bonds. The maximum Gasteiger partial charge on any atom is 0.255 e. The summed E-state index contributed by atoms with van der Waals surface area (Å²) in [5.41, 5.74) is 4.83. The number of aromatic amines is 1. The highest BCUT2D eigenvalue weighted by Gasteiger charge is 2.32. The van der Waals surface area contributed by atoms with E-state index in [4.69, 9.17) is 9.47 Å². The summed E-state index contributed by atoms with van der Waals surface area (Å²) < 4.78 is 25.0. The van der Waals surface area contributed by atoms with Crippen LogP contribution in [-0.2, 0) is 0 Å². The van der Waals surface area contributed by atoms with Crippen molar-refractivity contribution in [3.8, 4) is 22.9 Å². The van der Waals surface area contributed by atoms with Crippen LogP contribution >= 0.6 is 0 Å². The van der Waals surface area contributed by atoms with Gasteiger partial charge in [0.25, 0.3) is 5.91 Å². The Morgan fingerprint density at radius 2 is 2.00 bits per heavy atom. The molecule has 5 rings (SSSR count). The number of hydrogen-bond donors (Lipinski definition) is 3. The highest BCUT2D eigenvalue weighted by Crippen LogP contribution is 2.42. The SMILES string of the molecule is COc1ccc2nccc(-c3[nH]c4c(c3Nc3cccc(F)c3OC)C(=O)NC[C@H]4C)c2n1. The fourth-order valence-electron chi connectivity index (χ4n) is 4.16. The van der Waals surface area contributed by atoms with Crippen LogP contribution < -0.4 is 20.1 Å². The number of anilines is 2. The predicted molar refractivity (Wildman–Crippen MR) is 123 cm³/mol. The van der Waals surface area contributed by atoms with Crippen LogP contribution in [0.3, 0.4) is 0 Å². The number of carbonyl (C=O) groups is 1. The van der Waals surface area contributed by atoms with Crippen LogP contribution in [-0.4, -0.2) is 41.6 Å². The molecule has 3 aromatic heterocycles. The predicted octanol–water partition coefficient (Wildman–Crippen LogP) is 4.37. The average molecular weight is 447 g/mol. The molecule has 33 heavy (non-hydrogen) atoms. The molecule has 0 bridgehead atoms. The van der Waals surface area contributed by atoms with Gasteiger partial charge < -0.3 is 25.1 Å². The number of H-pyrrole nitrogens is 1. The topological polar surface area (TPSA) is 101 Å². The van der Waals surface area contributed by atoms with Crippen LogP contribution in [0.15, 0.2) is 42.6 Å². The van der Waals surface area contributed by atoms with Crippen LogP contribution in [0.4, 0.5) is 15.8 Å². The summed E-state index contributed by atoms with van der Waals surface area (Å²) in [4.78, 5) is 25.4. The van der Waals surface area contributed by atoms with Gasteiger partial charge >= 0.3 is 0 Å². The number of pyridine rings is 2. The van der Waals surface area contributed by atoms with E-state index >= 15 is 0 Å². The van der Waals surface area contributed by atoms with Crippen molar-refractivity contribution in [1.82, 2.24) is 20.3 Å². The molecule has 168 valence electrons. The molecule has 0 radical (unpaired) electrons. The lowest BCUT2D eigenvalue weighted by Crippen LogP contribution is -2.33. The van der Waals surface area contributed by atoms with E-state index in [0.717, 1.165) is 11.3 Å². The first-order valence-corrected chi connectivity index (χ1v) is 10.5. The van der Waals surface area contributed by atoms with E-state index in [1.165, 1.54) is 13.2 Å². The number of benzene rings is 1. The molecule has 4 heterocycles. The number of nitrogens with one attached hydrogen (secondary N) is 3. The molecule has 0 saturated carbocycles. The number of halogens is 1. The lowest BCUT2D eigenvalue weighted by molar-refractivity contribution is 0.0942. The fraction of sp³-hybridized carbons (Fsp3) is 0.208. The van der Waals surface area contributed by atoms with E-state index in [1.54, 1.807) is 31.5 Å². The van der Waals surface area contributed by atoms with Gasteiger partial charge in [0.15, 0.2) is 11.6 Å². The van der Waals surface area contributed by atoms with E-state index < -0.39 is 5.82 Å². The second-order valence-corrected chi connectivity index (χ2v) is 7.80. The summed E-state index contributed by atoms with van der Waals surface area (Å²) >= 11 is 0. The van der Waals surface area contributed by atoms with Gasteiger partial charge in [0.05, 0.1) is 42.4 Å². The second kappa shape index (κ2) is 8.09. The van der Waals surface area contributed by atoms with E-state index in [0.29, 0.717) is 46.1 Å². The number of amides is 1.